The van der Waals surface area contributed by atoms with E-state index in [1.165, 1.54) is 16.6 Å². The van der Waals surface area contributed by atoms with Crippen molar-refractivity contribution >= 4 is 17.1 Å². The van der Waals surface area contributed by atoms with E-state index < -0.39 is 0 Å². The first-order valence-corrected chi connectivity index (χ1v) is 6.22. The molecule has 0 aliphatic carbocycles. The molecule has 0 bridgehead atoms. The van der Waals surface area contributed by atoms with Crippen LogP contribution in [0.4, 0.5) is 0 Å². The average molecular weight is 223 g/mol. The average Bonchev–Trinajstić information content (AvgIpc) is 2.54. The second-order valence-electron chi connectivity index (χ2n) is 4.99. The SMILES string of the molecule is CC(C)C1C=CC=Cn2c1cc1ccccc12. The lowest BCUT2D eigenvalue weighted by molar-refractivity contribution is 0.564. The maximum atomic E-state index is 2.32. The zero-order chi connectivity index (χ0) is 11.8. The van der Waals surface area contributed by atoms with Crippen LogP contribution in [0.25, 0.3) is 17.1 Å². The molecule has 1 heteroatoms. The van der Waals surface area contributed by atoms with Crippen LogP contribution in [0.2, 0.25) is 0 Å². The molecule has 0 N–H and O–H groups in total. The van der Waals surface area contributed by atoms with E-state index in [0.717, 1.165) is 0 Å². The van der Waals surface area contributed by atoms with Gasteiger partial charge in [0.2, 0.25) is 0 Å². The van der Waals surface area contributed by atoms with E-state index in [-0.39, 0.29) is 0 Å². The molecule has 0 saturated heterocycles. The van der Waals surface area contributed by atoms with Crippen LogP contribution in [0.5, 0.6) is 0 Å². The molecule has 1 aromatic heterocycles. The van der Waals surface area contributed by atoms with Crippen molar-refractivity contribution in [3.05, 3.63) is 54.3 Å². The first kappa shape index (κ1) is 10.4. The number of rotatable bonds is 1. The third-order valence-corrected chi connectivity index (χ3v) is 3.50. The summed E-state index contributed by atoms with van der Waals surface area (Å²) in [4.78, 5) is 0. The van der Waals surface area contributed by atoms with E-state index in [1.54, 1.807) is 0 Å². The second-order valence-corrected chi connectivity index (χ2v) is 4.99. The highest BCUT2D eigenvalue weighted by Crippen LogP contribution is 2.32. The van der Waals surface area contributed by atoms with Gasteiger partial charge in [-0.05, 0) is 24.1 Å². The molecule has 0 radical (unpaired) electrons. The molecule has 2 heterocycles. The van der Waals surface area contributed by atoms with Crippen molar-refractivity contribution in [2.45, 2.75) is 19.8 Å². The van der Waals surface area contributed by atoms with Gasteiger partial charge in [0.15, 0.2) is 0 Å². The molecular formula is C16H17N. The Morgan fingerprint density at radius 3 is 2.76 bits per heavy atom. The third kappa shape index (κ3) is 1.62. The molecule has 1 aromatic carbocycles. The Balaban J connectivity index is 2.28. The highest BCUT2D eigenvalue weighted by Gasteiger charge is 2.19. The Bertz CT molecular complexity index is 599. The van der Waals surface area contributed by atoms with Gasteiger partial charge in [0.25, 0.3) is 0 Å². The number of para-hydroxylation sites is 1. The summed E-state index contributed by atoms with van der Waals surface area (Å²) in [6, 6.07) is 10.9. The Labute approximate surface area is 102 Å². The summed E-state index contributed by atoms with van der Waals surface area (Å²) < 4.78 is 2.32. The number of nitrogens with zero attached hydrogens (tertiary/aromatic N) is 1. The molecule has 1 aliphatic heterocycles. The van der Waals surface area contributed by atoms with Gasteiger partial charge in [-0.2, -0.15) is 0 Å². The van der Waals surface area contributed by atoms with Gasteiger partial charge in [-0.15, -0.1) is 0 Å². The third-order valence-electron chi connectivity index (χ3n) is 3.50. The van der Waals surface area contributed by atoms with E-state index in [1.807, 2.05) is 0 Å². The number of hydrogen-bond acceptors (Lipinski definition) is 0. The molecule has 0 spiro atoms. The van der Waals surface area contributed by atoms with E-state index in [0.29, 0.717) is 11.8 Å². The molecule has 0 saturated carbocycles. The quantitative estimate of drug-likeness (QED) is 0.674. The van der Waals surface area contributed by atoms with Crippen LogP contribution in [-0.4, -0.2) is 4.57 Å². The lowest BCUT2D eigenvalue weighted by Crippen LogP contribution is -2.06. The van der Waals surface area contributed by atoms with Crippen LogP contribution < -0.4 is 0 Å². The van der Waals surface area contributed by atoms with Crippen molar-refractivity contribution in [3.63, 3.8) is 0 Å². The minimum Gasteiger partial charge on any atom is -0.320 e. The zero-order valence-corrected chi connectivity index (χ0v) is 10.3. The van der Waals surface area contributed by atoms with Gasteiger partial charge in [0, 0.05) is 23.2 Å². The minimum absolute atomic E-state index is 0.498. The van der Waals surface area contributed by atoms with Gasteiger partial charge in [-0.25, -0.2) is 0 Å². The van der Waals surface area contributed by atoms with Crippen LogP contribution in [0.3, 0.4) is 0 Å². The van der Waals surface area contributed by atoms with Crippen LogP contribution in [0.15, 0.2) is 48.6 Å². The van der Waals surface area contributed by atoms with E-state index >= 15 is 0 Å². The maximum Gasteiger partial charge on any atom is 0.0525 e. The molecule has 2 aromatic rings. The Kier molecular flexibility index (Phi) is 2.40. The van der Waals surface area contributed by atoms with E-state index in [4.69, 9.17) is 0 Å². The predicted molar refractivity (Wildman–Crippen MR) is 74.0 cm³/mol. The van der Waals surface area contributed by atoms with Crippen LogP contribution >= 0.6 is 0 Å². The summed E-state index contributed by atoms with van der Waals surface area (Å²) in [5.41, 5.74) is 2.69. The van der Waals surface area contributed by atoms with Crippen molar-refractivity contribution in [3.8, 4) is 0 Å². The van der Waals surface area contributed by atoms with Gasteiger partial charge < -0.3 is 4.57 Å². The number of aromatic nitrogens is 1. The first-order chi connectivity index (χ1) is 8.27. The molecule has 1 nitrogen and oxygen atoms in total. The van der Waals surface area contributed by atoms with Gasteiger partial charge in [0.1, 0.15) is 0 Å². The fourth-order valence-corrected chi connectivity index (χ4v) is 2.60. The van der Waals surface area contributed by atoms with Crippen molar-refractivity contribution in [1.82, 2.24) is 4.57 Å². The summed E-state index contributed by atoms with van der Waals surface area (Å²) in [5, 5.41) is 1.33. The molecule has 3 rings (SSSR count). The lowest BCUT2D eigenvalue weighted by atomic mass is 9.92. The smallest absolute Gasteiger partial charge is 0.0525 e. The summed E-state index contributed by atoms with van der Waals surface area (Å²) >= 11 is 0. The summed E-state index contributed by atoms with van der Waals surface area (Å²) in [5.74, 6) is 1.12. The minimum atomic E-state index is 0.498. The summed E-state index contributed by atoms with van der Waals surface area (Å²) in [7, 11) is 0. The monoisotopic (exact) mass is 223 g/mol. The topological polar surface area (TPSA) is 4.93 Å². The Morgan fingerprint density at radius 2 is 1.94 bits per heavy atom. The fourth-order valence-electron chi connectivity index (χ4n) is 2.60. The highest BCUT2D eigenvalue weighted by atomic mass is 15.0. The number of allylic oxidation sites excluding steroid dienone is 3. The highest BCUT2D eigenvalue weighted by molar-refractivity contribution is 5.84. The summed E-state index contributed by atoms with van der Waals surface area (Å²) in [6.07, 6.45) is 8.75. The molecule has 17 heavy (non-hydrogen) atoms. The Hall–Kier alpha value is -1.76. The number of hydrogen-bond donors (Lipinski definition) is 0. The van der Waals surface area contributed by atoms with Crippen molar-refractivity contribution in [2.75, 3.05) is 0 Å². The first-order valence-electron chi connectivity index (χ1n) is 6.22. The van der Waals surface area contributed by atoms with Gasteiger partial charge in [-0.1, -0.05) is 44.2 Å². The van der Waals surface area contributed by atoms with Gasteiger partial charge in [0.05, 0.1) is 5.52 Å². The van der Waals surface area contributed by atoms with Gasteiger partial charge >= 0.3 is 0 Å². The summed E-state index contributed by atoms with van der Waals surface area (Å²) in [6.45, 7) is 4.56. The molecule has 1 atom stereocenters. The van der Waals surface area contributed by atoms with Gasteiger partial charge in [-0.3, -0.25) is 0 Å². The standard InChI is InChI=1S/C16H17N/c1-12(2)14-8-5-6-10-17-15-9-4-3-7-13(15)11-16(14)17/h3-12,14H,1-2H3. The Morgan fingerprint density at radius 1 is 1.12 bits per heavy atom. The molecule has 1 aliphatic rings. The van der Waals surface area contributed by atoms with E-state index in [2.05, 4.69) is 73.2 Å². The largest absolute Gasteiger partial charge is 0.320 e. The predicted octanol–water partition coefficient (Wildman–Crippen LogP) is 4.42. The van der Waals surface area contributed by atoms with Crippen molar-refractivity contribution in [2.24, 2.45) is 5.92 Å². The number of benzene rings is 1. The molecule has 1 unspecified atom stereocenters. The zero-order valence-electron chi connectivity index (χ0n) is 10.3. The van der Waals surface area contributed by atoms with Crippen LogP contribution in [0, 0.1) is 5.92 Å². The van der Waals surface area contributed by atoms with E-state index in [9.17, 15) is 0 Å². The molecule has 0 amide bonds. The number of fused-ring (bicyclic) bond motifs is 3. The van der Waals surface area contributed by atoms with Crippen molar-refractivity contribution < 1.29 is 0 Å². The fraction of sp³-hybridized carbons (Fsp3) is 0.250. The molecular weight excluding hydrogens is 206 g/mol. The molecule has 86 valence electrons. The normalized spacial score (nSPS) is 18.6. The van der Waals surface area contributed by atoms with Crippen molar-refractivity contribution in [1.29, 1.82) is 0 Å². The second kappa shape index (κ2) is 3.92. The molecule has 0 fully saturated rings. The lowest BCUT2D eigenvalue weighted by Gasteiger charge is -2.17. The van der Waals surface area contributed by atoms with Crippen LogP contribution in [-0.2, 0) is 0 Å². The van der Waals surface area contributed by atoms with Crippen LogP contribution in [0.1, 0.15) is 25.5 Å². The maximum absolute atomic E-state index is 2.32.